The van der Waals surface area contributed by atoms with E-state index in [4.69, 9.17) is 9.47 Å². The molecule has 0 spiro atoms. The number of H-pyrrole nitrogens is 1. The van der Waals surface area contributed by atoms with Gasteiger partial charge in [-0.1, -0.05) is 18.7 Å². The number of likely N-dealkylation sites (tertiary alicyclic amines) is 2. The van der Waals surface area contributed by atoms with Crippen molar-refractivity contribution in [2.75, 3.05) is 44.4 Å². The zero-order chi connectivity index (χ0) is 35.7. The molecule has 2 N–H and O–H groups in total. The number of nitrogens with zero attached hydrogens (tertiary/aromatic N) is 4. The summed E-state index contributed by atoms with van der Waals surface area (Å²) in [5, 5.41) is 3.36. The van der Waals surface area contributed by atoms with Crippen LogP contribution in [0.2, 0.25) is 0 Å². The number of fused-ring (bicyclic) bond motifs is 1. The highest BCUT2D eigenvalue weighted by Gasteiger charge is 2.38. The lowest BCUT2D eigenvalue weighted by Gasteiger charge is -2.39. The number of carbonyl (C=O) groups is 2. The van der Waals surface area contributed by atoms with Crippen LogP contribution < -0.4 is 5.32 Å². The number of rotatable bonds is 8. The second-order valence-electron chi connectivity index (χ2n) is 13.5. The molecule has 3 aromatic rings. The molecule has 12 nitrogen and oxygen atoms in total. The maximum absolute atomic E-state index is 14.2. The molecule has 4 heterocycles. The van der Waals surface area contributed by atoms with Crippen LogP contribution in [0.15, 0.2) is 48.1 Å². The minimum absolute atomic E-state index is 0.0523. The zero-order valence-electron chi connectivity index (χ0n) is 27.8. The minimum Gasteiger partial charge on any atom is -0.444 e. The number of aromatic amines is 1. The van der Waals surface area contributed by atoms with E-state index in [9.17, 15) is 31.2 Å². The van der Waals surface area contributed by atoms with E-state index in [1.54, 1.807) is 25.7 Å². The molecule has 2 aromatic heterocycles. The zero-order valence-corrected chi connectivity index (χ0v) is 28.7. The summed E-state index contributed by atoms with van der Waals surface area (Å²) in [6, 6.07) is 3.85. The summed E-state index contributed by atoms with van der Waals surface area (Å²) in [6.45, 7) is 10.8. The van der Waals surface area contributed by atoms with E-state index in [0.717, 1.165) is 19.1 Å². The summed E-state index contributed by atoms with van der Waals surface area (Å²) in [7, 11) is -3.68. The quantitative estimate of drug-likeness (QED) is 0.299. The van der Waals surface area contributed by atoms with E-state index < -0.39 is 51.1 Å². The molecule has 266 valence electrons. The van der Waals surface area contributed by atoms with Gasteiger partial charge in [-0.25, -0.2) is 23.2 Å². The Morgan fingerprint density at radius 3 is 2.49 bits per heavy atom. The standard InChI is InChI=1S/C33H41F3N6O6S/c1-6-27(43)41-12-10-20(11-13-41)19-47-22-14-21(17-42(18-22)31(44)48-32(2,3)4)39-30-38-16-25(33(34,35)36)28(40-30)24-15-37-29-23(24)8-7-9-26(29)49(5,45)46/h6-9,15-16,20-22,37H,1,10-14,17-19H2,2-5H3,(H,38,39,40)/t21-,22+/m0/s1. The number of ether oxygens (including phenoxy) is 2. The maximum Gasteiger partial charge on any atom is 0.419 e. The summed E-state index contributed by atoms with van der Waals surface area (Å²) in [4.78, 5) is 39.4. The number of benzene rings is 1. The van der Waals surface area contributed by atoms with E-state index in [-0.39, 0.29) is 52.2 Å². The predicted octanol–water partition coefficient (Wildman–Crippen LogP) is 5.28. The molecule has 1 aromatic carbocycles. The fourth-order valence-electron chi connectivity index (χ4n) is 6.15. The molecule has 0 radical (unpaired) electrons. The van der Waals surface area contributed by atoms with E-state index in [0.29, 0.717) is 32.3 Å². The van der Waals surface area contributed by atoms with Gasteiger partial charge in [0.05, 0.1) is 28.8 Å². The first-order valence-corrected chi connectivity index (χ1v) is 17.8. The number of alkyl halides is 3. The Morgan fingerprint density at radius 2 is 1.86 bits per heavy atom. The van der Waals surface area contributed by atoms with Crippen molar-refractivity contribution in [3.8, 4) is 11.3 Å². The molecule has 5 rings (SSSR count). The lowest BCUT2D eigenvalue weighted by molar-refractivity contribution is -0.137. The Morgan fingerprint density at radius 1 is 1.14 bits per heavy atom. The van der Waals surface area contributed by atoms with Crippen molar-refractivity contribution in [1.82, 2.24) is 24.8 Å². The summed E-state index contributed by atoms with van der Waals surface area (Å²) in [5.74, 6) is -0.00593. The smallest absolute Gasteiger partial charge is 0.419 e. The Hall–Kier alpha value is -4.18. The van der Waals surface area contributed by atoms with Crippen LogP contribution in [-0.2, 0) is 30.3 Å². The average Bonchev–Trinajstić information content (AvgIpc) is 3.46. The van der Waals surface area contributed by atoms with Gasteiger partial charge in [0.15, 0.2) is 9.84 Å². The monoisotopic (exact) mass is 706 g/mol. The first-order chi connectivity index (χ1) is 22.9. The summed E-state index contributed by atoms with van der Waals surface area (Å²) in [6.07, 6.45) is 0.431. The van der Waals surface area contributed by atoms with Crippen molar-refractivity contribution in [2.24, 2.45) is 5.92 Å². The molecule has 0 unspecified atom stereocenters. The van der Waals surface area contributed by atoms with Gasteiger partial charge in [0.2, 0.25) is 11.9 Å². The van der Waals surface area contributed by atoms with Crippen molar-refractivity contribution in [3.05, 3.63) is 48.8 Å². The van der Waals surface area contributed by atoms with Gasteiger partial charge in [-0.3, -0.25) is 4.79 Å². The van der Waals surface area contributed by atoms with Crippen LogP contribution in [0.4, 0.5) is 23.9 Å². The average molecular weight is 707 g/mol. The molecule has 2 amide bonds. The Bertz CT molecular complexity index is 1820. The first-order valence-electron chi connectivity index (χ1n) is 15.9. The van der Waals surface area contributed by atoms with Gasteiger partial charge in [-0.05, 0) is 58.1 Å². The molecule has 0 saturated carbocycles. The van der Waals surface area contributed by atoms with Crippen LogP contribution in [0.5, 0.6) is 0 Å². The molecular weight excluding hydrogens is 665 g/mol. The number of sulfone groups is 1. The number of halogens is 3. The minimum atomic E-state index is -4.81. The van der Waals surface area contributed by atoms with Crippen LogP contribution in [0.3, 0.4) is 0 Å². The van der Waals surface area contributed by atoms with Gasteiger partial charge in [0, 0.05) is 61.9 Å². The van der Waals surface area contributed by atoms with Gasteiger partial charge >= 0.3 is 12.3 Å². The fraction of sp³-hybridized carbons (Fsp3) is 0.515. The van der Waals surface area contributed by atoms with Crippen molar-refractivity contribution in [1.29, 1.82) is 0 Å². The van der Waals surface area contributed by atoms with Gasteiger partial charge in [-0.2, -0.15) is 13.2 Å². The lowest BCUT2D eigenvalue weighted by atomic mass is 9.97. The number of hydrogen-bond acceptors (Lipinski definition) is 9. The number of carbonyl (C=O) groups excluding carboxylic acids is 2. The number of amides is 2. The molecule has 16 heteroatoms. The van der Waals surface area contributed by atoms with E-state index in [2.05, 4.69) is 26.8 Å². The number of hydrogen-bond donors (Lipinski definition) is 2. The molecule has 2 atom stereocenters. The number of piperidine rings is 2. The molecule has 0 bridgehead atoms. The predicted molar refractivity (Wildman–Crippen MR) is 177 cm³/mol. The van der Waals surface area contributed by atoms with Crippen LogP contribution in [0.25, 0.3) is 22.2 Å². The van der Waals surface area contributed by atoms with E-state index in [1.807, 2.05) is 0 Å². The lowest BCUT2D eigenvalue weighted by Crippen LogP contribution is -2.53. The summed E-state index contributed by atoms with van der Waals surface area (Å²) >= 11 is 0. The Balaban J connectivity index is 1.39. The Kier molecular flexibility index (Phi) is 10.3. The molecule has 2 aliphatic heterocycles. The normalized spacial score (nSPS) is 19.6. The van der Waals surface area contributed by atoms with Crippen LogP contribution in [0, 0.1) is 5.92 Å². The molecular formula is C33H41F3N6O6S. The largest absolute Gasteiger partial charge is 0.444 e. The second-order valence-corrected chi connectivity index (χ2v) is 15.5. The fourth-order valence-corrected chi connectivity index (χ4v) is 7.02. The second kappa shape index (κ2) is 14.0. The van der Waals surface area contributed by atoms with Gasteiger partial charge in [0.25, 0.3) is 0 Å². The summed E-state index contributed by atoms with van der Waals surface area (Å²) < 4.78 is 79.3. The third kappa shape index (κ3) is 8.71. The van der Waals surface area contributed by atoms with E-state index >= 15 is 0 Å². The van der Waals surface area contributed by atoms with Gasteiger partial charge < -0.3 is 29.6 Å². The van der Waals surface area contributed by atoms with Crippen molar-refractivity contribution in [2.45, 2.75) is 68.9 Å². The third-order valence-electron chi connectivity index (χ3n) is 8.49. The van der Waals surface area contributed by atoms with Crippen LogP contribution >= 0.6 is 0 Å². The van der Waals surface area contributed by atoms with Crippen molar-refractivity contribution < 1.29 is 40.7 Å². The number of aromatic nitrogens is 3. The highest BCUT2D eigenvalue weighted by Crippen LogP contribution is 2.39. The number of para-hydroxylation sites is 1. The van der Waals surface area contributed by atoms with E-state index in [1.165, 1.54) is 35.4 Å². The SMILES string of the molecule is C=CC(=O)N1CCC(CO[C@@H]2C[C@H](Nc3ncc(C(F)(F)F)c(-c4c[nH]c5c(S(C)(=O)=O)cccc45)n3)CN(C(=O)OC(C)(C)C)C2)CC1. The highest BCUT2D eigenvalue weighted by molar-refractivity contribution is 7.91. The van der Waals surface area contributed by atoms with Gasteiger partial charge in [0.1, 0.15) is 11.2 Å². The summed E-state index contributed by atoms with van der Waals surface area (Å²) in [5.41, 5.74) is -2.06. The molecule has 2 saturated heterocycles. The molecule has 0 aliphatic carbocycles. The Labute approximate surface area is 283 Å². The first kappa shape index (κ1) is 36.1. The number of anilines is 1. The van der Waals surface area contributed by atoms with Crippen molar-refractivity contribution in [3.63, 3.8) is 0 Å². The van der Waals surface area contributed by atoms with Crippen LogP contribution in [0.1, 0.15) is 45.6 Å². The van der Waals surface area contributed by atoms with Crippen LogP contribution in [-0.4, -0.2) is 102 Å². The molecule has 2 fully saturated rings. The molecule has 49 heavy (non-hydrogen) atoms. The number of nitrogens with one attached hydrogen (secondary N) is 2. The van der Waals surface area contributed by atoms with Crippen molar-refractivity contribution >= 4 is 38.7 Å². The maximum atomic E-state index is 14.2. The third-order valence-corrected chi connectivity index (χ3v) is 9.63. The van der Waals surface area contributed by atoms with Gasteiger partial charge in [-0.15, -0.1) is 0 Å². The molecule has 2 aliphatic rings. The topological polar surface area (TPSA) is 147 Å². The highest BCUT2D eigenvalue weighted by atomic mass is 32.2.